The molecule has 10 heteroatoms. The number of hydrogen-bond acceptors (Lipinski definition) is 3. The van der Waals surface area contributed by atoms with Crippen LogP contribution in [0.4, 0.5) is 0 Å². The lowest BCUT2D eigenvalue weighted by atomic mass is 9.82. The number of hydrogen-bond donors (Lipinski definition) is 4. The summed E-state index contributed by atoms with van der Waals surface area (Å²) in [7, 11) is 0. The standard InChI is InChI=1S/C41H28N2.C38H22N2S.C31H19N3.C22H13NS/c1-41(2)34-14-8-7-13-29(34)30-19-17-26(21-35(30)41)43-38-23-33-37(42-36-20-16-24-9-3-5-11-27(24)39(33)36)22-32(38)31-18-15-25-10-4-6-12-28(25)40(31)43;1-2-9-24-18-34-31(17-23(24)8-1)32-20-33-30(29-15-13-22-7-3-4-10-26(22)38(29)39-33)21-35(32)40(34)25-14-16-28-27-11-5-6-12-36(27)41-37(28)19-25;1-2-8-21-15-29-24(14-20(21)7-1)25-16-28-26(17-30(25)34(29)22-9-5-13-32-18-22)31-23-10-4-3-6-19(23)11-12-27(31)33-28;1-2-6-14-10-19-16(9-13(14)5-1)17-11-18-15-7-3-4-8-21(15)24-22(18)12-20(17)23-19/h3-23,42H,1-2H3;1-21,39H;1-18,33H;1-12,23H. The van der Waals surface area contributed by atoms with Gasteiger partial charge in [-0.3, -0.25) is 4.98 Å². The topological polar surface area (TPSA) is 90.8 Å². The van der Waals surface area contributed by atoms with Crippen molar-refractivity contribution in [3.63, 3.8) is 0 Å². The van der Waals surface area contributed by atoms with Crippen molar-refractivity contribution in [2.75, 3.05) is 0 Å². The molecule has 8 nitrogen and oxygen atoms in total. The molecule has 0 unspecified atom stereocenters. The highest BCUT2D eigenvalue weighted by Gasteiger charge is 2.36. The highest BCUT2D eigenvalue weighted by Crippen LogP contribution is 2.53. The zero-order valence-electron chi connectivity index (χ0n) is 77.2. The van der Waals surface area contributed by atoms with E-state index < -0.39 is 0 Å². The van der Waals surface area contributed by atoms with Gasteiger partial charge < -0.3 is 33.6 Å². The molecule has 142 heavy (non-hydrogen) atoms. The fourth-order valence-corrected chi connectivity index (χ4v) is 26.7. The van der Waals surface area contributed by atoms with Crippen molar-refractivity contribution in [3.05, 3.63) is 448 Å². The van der Waals surface area contributed by atoms with Crippen molar-refractivity contribution in [2.24, 2.45) is 0 Å². The summed E-state index contributed by atoms with van der Waals surface area (Å²) < 4.78 is 12.7. The molecular formula is C132H82N8S2. The first-order valence-electron chi connectivity index (χ1n) is 48.8. The quantitative estimate of drug-likeness (QED) is 0.139. The molecule has 10 heterocycles. The minimum atomic E-state index is -0.0637. The fraction of sp³-hybridized carbons (Fsp3) is 0.0227. The van der Waals surface area contributed by atoms with Crippen LogP contribution in [0, 0.1) is 0 Å². The third-order valence-electron chi connectivity index (χ3n) is 31.1. The van der Waals surface area contributed by atoms with Gasteiger partial charge in [-0.25, -0.2) is 0 Å². The number of benzene rings is 23. The van der Waals surface area contributed by atoms with Crippen LogP contribution in [-0.2, 0) is 5.41 Å². The number of fused-ring (bicyclic) bond motifs is 41. The highest BCUT2D eigenvalue weighted by atomic mass is 32.1. The van der Waals surface area contributed by atoms with Crippen LogP contribution < -0.4 is 0 Å². The molecule has 662 valence electrons. The molecule has 0 saturated heterocycles. The van der Waals surface area contributed by atoms with Crippen molar-refractivity contribution < 1.29 is 0 Å². The van der Waals surface area contributed by atoms with Gasteiger partial charge in [-0.1, -0.05) is 293 Å². The number of rotatable bonds is 3. The lowest BCUT2D eigenvalue weighted by molar-refractivity contribution is 0.660. The van der Waals surface area contributed by atoms with Crippen molar-refractivity contribution >= 4 is 291 Å². The van der Waals surface area contributed by atoms with Gasteiger partial charge in [0.2, 0.25) is 0 Å². The summed E-state index contributed by atoms with van der Waals surface area (Å²) in [5.74, 6) is 0. The minimum absolute atomic E-state index is 0.0637. The molecule has 0 bridgehead atoms. The van der Waals surface area contributed by atoms with Gasteiger partial charge in [0.1, 0.15) is 0 Å². The second-order valence-corrected chi connectivity index (χ2v) is 41.3. The van der Waals surface area contributed by atoms with Gasteiger partial charge in [-0.05, 0) is 232 Å². The number of nitrogens with zero attached hydrogens (tertiary/aromatic N) is 4. The predicted molar refractivity (Wildman–Crippen MR) is 610 cm³/mol. The zero-order chi connectivity index (χ0) is 93.0. The number of nitrogens with one attached hydrogen (secondary N) is 4. The summed E-state index contributed by atoms with van der Waals surface area (Å²) in [4.78, 5) is 19.3. The first kappa shape index (κ1) is 79.2. The van der Waals surface area contributed by atoms with Crippen LogP contribution in [0.25, 0.3) is 297 Å². The highest BCUT2D eigenvalue weighted by molar-refractivity contribution is 7.26. The number of pyridine rings is 1. The molecule has 0 radical (unpaired) electrons. The Morgan fingerprint density at radius 1 is 0.211 bits per heavy atom. The Kier molecular flexibility index (Phi) is 16.7. The molecule has 4 N–H and O–H groups in total. The molecule has 33 aromatic rings. The van der Waals surface area contributed by atoms with E-state index in [2.05, 4.69) is 471 Å². The molecule has 0 fully saturated rings. The van der Waals surface area contributed by atoms with E-state index in [9.17, 15) is 0 Å². The Bertz CT molecular complexity index is 11300. The van der Waals surface area contributed by atoms with Gasteiger partial charge >= 0.3 is 0 Å². The largest absolute Gasteiger partial charge is 0.354 e. The van der Waals surface area contributed by atoms with Crippen LogP contribution in [0.1, 0.15) is 25.0 Å². The molecular weight excluding hydrogens is 1760 g/mol. The summed E-state index contributed by atoms with van der Waals surface area (Å²) in [6.07, 6.45) is 3.78. The maximum atomic E-state index is 4.43. The van der Waals surface area contributed by atoms with Crippen LogP contribution >= 0.6 is 22.7 Å². The Balaban J connectivity index is 0.0000000885. The maximum Gasteiger partial charge on any atom is 0.0645 e. The third kappa shape index (κ3) is 11.8. The van der Waals surface area contributed by atoms with Crippen LogP contribution in [0.2, 0.25) is 0 Å². The monoisotopic (exact) mass is 1840 g/mol. The molecule has 34 rings (SSSR count). The fourth-order valence-electron chi connectivity index (χ4n) is 24.5. The number of aromatic amines is 4. The van der Waals surface area contributed by atoms with E-state index in [1.807, 2.05) is 41.1 Å². The molecule has 0 atom stereocenters. The molecule has 23 aromatic carbocycles. The summed E-state index contributed by atoms with van der Waals surface area (Å²) in [6.45, 7) is 4.73. The van der Waals surface area contributed by atoms with Crippen molar-refractivity contribution in [1.29, 1.82) is 0 Å². The summed E-state index contributed by atoms with van der Waals surface area (Å²) in [5.41, 5.74) is 25.8. The molecule has 0 spiro atoms. The average Bonchev–Trinajstić information content (AvgIpc) is 1.53. The summed E-state index contributed by atoms with van der Waals surface area (Å²) >= 11 is 3.74. The second-order valence-electron chi connectivity index (χ2n) is 39.1. The van der Waals surface area contributed by atoms with Gasteiger partial charge in [0, 0.05) is 188 Å². The molecule has 0 aliphatic heterocycles. The van der Waals surface area contributed by atoms with E-state index in [0.29, 0.717) is 0 Å². The van der Waals surface area contributed by atoms with Crippen LogP contribution in [0.3, 0.4) is 0 Å². The van der Waals surface area contributed by atoms with Gasteiger partial charge in [-0.15, -0.1) is 22.7 Å². The van der Waals surface area contributed by atoms with Crippen molar-refractivity contribution in [2.45, 2.75) is 19.3 Å². The minimum Gasteiger partial charge on any atom is -0.354 e. The van der Waals surface area contributed by atoms with Crippen LogP contribution in [0.5, 0.6) is 0 Å². The smallest absolute Gasteiger partial charge is 0.0645 e. The van der Waals surface area contributed by atoms with Gasteiger partial charge in [-0.2, -0.15) is 0 Å². The zero-order valence-corrected chi connectivity index (χ0v) is 78.8. The van der Waals surface area contributed by atoms with E-state index in [4.69, 9.17) is 0 Å². The molecule has 10 aromatic heterocycles. The summed E-state index contributed by atoms with van der Waals surface area (Å²) in [6, 6.07) is 156. The molecule has 0 amide bonds. The SMILES string of the molecule is CC1(C)c2ccccc2-c2ccc(-n3c4cc5c(cc4c4ccc6ccccc6c43)[nH]c3ccc4ccccc4c35)cc21.c1ccc2cc3c(cc2c1)[nH]c1cc2sc4ccccc4c2cc13.c1ccc2cc3c(cc2c1)c1cc2[nH]c4c5ccccc5ccc4c2cc1n3-c1ccc2c(c1)sc1ccccc12.c1cncc(-n2c3cc4ccccc4cc3c3cc4[nH]c5ccc6ccccc6c5c4cc32)c1. The summed E-state index contributed by atoms with van der Waals surface area (Å²) in [5, 5.41) is 40.9. The number of H-pyrrole nitrogens is 4. The Labute approximate surface area is 819 Å². The lowest BCUT2D eigenvalue weighted by Gasteiger charge is -2.22. The van der Waals surface area contributed by atoms with Gasteiger partial charge in [0.15, 0.2) is 0 Å². The first-order valence-corrected chi connectivity index (χ1v) is 50.4. The first-order chi connectivity index (χ1) is 70.1. The Hall–Kier alpha value is -17.9. The van der Waals surface area contributed by atoms with Crippen LogP contribution in [-0.4, -0.2) is 38.6 Å². The normalized spacial score (nSPS) is 12.8. The van der Waals surface area contributed by atoms with Crippen LogP contribution in [0.15, 0.2) is 437 Å². The van der Waals surface area contributed by atoms with E-state index in [-0.39, 0.29) is 5.41 Å². The number of aromatic nitrogens is 8. The molecule has 1 aliphatic carbocycles. The average molecular weight is 1840 g/mol. The second kappa shape index (κ2) is 30.0. The van der Waals surface area contributed by atoms with Crippen molar-refractivity contribution in [1.82, 2.24) is 38.6 Å². The Morgan fingerprint density at radius 2 is 0.606 bits per heavy atom. The third-order valence-corrected chi connectivity index (χ3v) is 33.3. The van der Waals surface area contributed by atoms with Gasteiger partial charge in [0.25, 0.3) is 0 Å². The molecule has 0 saturated carbocycles. The van der Waals surface area contributed by atoms with E-state index in [1.54, 1.807) is 0 Å². The van der Waals surface area contributed by atoms with E-state index in [0.717, 1.165) is 11.2 Å². The predicted octanol–water partition coefficient (Wildman–Crippen LogP) is 37.1. The van der Waals surface area contributed by atoms with Gasteiger partial charge in [0.05, 0.1) is 50.5 Å². The van der Waals surface area contributed by atoms with E-state index in [1.165, 1.54) is 297 Å². The molecule has 1 aliphatic rings. The Morgan fingerprint density at radius 3 is 1.23 bits per heavy atom. The lowest BCUT2D eigenvalue weighted by Crippen LogP contribution is -2.15. The maximum absolute atomic E-state index is 4.43. The number of thiophene rings is 2. The van der Waals surface area contributed by atoms with Crippen molar-refractivity contribution in [3.8, 4) is 28.2 Å². The van der Waals surface area contributed by atoms with E-state index >= 15 is 0 Å².